The zero-order valence-corrected chi connectivity index (χ0v) is 16.4. The van der Waals surface area contributed by atoms with Crippen molar-refractivity contribution in [2.24, 2.45) is 0 Å². The van der Waals surface area contributed by atoms with Gasteiger partial charge < -0.3 is 0 Å². The zero-order valence-electron chi connectivity index (χ0n) is 16.4. The van der Waals surface area contributed by atoms with E-state index in [1.54, 1.807) is 12.1 Å². The second-order valence-corrected chi connectivity index (χ2v) is 7.11. The molecule has 146 valence electrons. The summed E-state index contributed by atoms with van der Waals surface area (Å²) < 4.78 is 0. The van der Waals surface area contributed by atoms with E-state index in [0.717, 1.165) is 27.8 Å². The highest BCUT2D eigenvalue weighted by molar-refractivity contribution is 6.09. The third-order valence-corrected chi connectivity index (χ3v) is 5.13. The molecule has 0 spiro atoms. The van der Waals surface area contributed by atoms with Crippen LogP contribution in [0.1, 0.15) is 21.5 Å². The molecular formula is C26H19NO3. The fraction of sp³-hybridized carbons (Fsp3) is 0.0385. The van der Waals surface area contributed by atoms with Gasteiger partial charge in [0.05, 0.1) is 4.92 Å². The smallest absolute Gasteiger partial charge is 0.269 e. The van der Waals surface area contributed by atoms with Crippen molar-refractivity contribution in [3.8, 4) is 22.3 Å². The van der Waals surface area contributed by atoms with Crippen molar-refractivity contribution >= 4 is 11.5 Å². The number of nitrogens with zero attached hydrogens (tertiary/aromatic N) is 1. The van der Waals surface area contributed by atoms with Gasteiger partial charge in [0.2, 0.25) is 0 Å². The highest BCUT2D eigenvalue weighted by Gasteiger charge is 2.10. The third-order valence-electron chi connectivity index (χ3n) is 5.13. The maximum absolute atomic E-state index is 12.6. The first-order valence-electron chi connectivity index (χ1n) is 9.58. The van der Waals surface area contributed by atoms with Crippen molar-refractivity contribution in [1.82, 2.24) is 0 Å². The Balaban J connectivity index is 1.58. The summed E-state index contributed by atoms with van der Waals surface area (Å²) in [6.07, 6.45) is 0. The van der Waals surface area contributed by atoms with Gasteiger partial charge in [-0.1, -0.05) is 72.8 Å². The highest BCUT2D eigenvalue weighted by atomic mass is 16.6. The van der Waals surface area contributed by atoms with Crippen molar-refractivity contribution in [3.63, 3.8) is 0 Å². The molecule has 0 aliphatic rings. The van der Waals surface area contributed by atoms with E-state index in [4.69, 9.17) is 0 Å². The summed E-state index contributed by atoms with van der Waals surface area (Å²) in [6.45, 7) is 2.02. The van der Waals surface area contributed by atoms with Crippen LogP contribution in [0.25, 0.3) is 22.3 Å². The Morgan fingerprint density at radius 2 is 1.27 bits per heavy atom. The maximum Gasteiger partial charge on any atom is 0.269 e. The summed E-state index contributed by atoms with van der Waals surface area (Å²) >= 11 is 0. The highest BCUT2D eigenvalue weighted by Crippen LogP contribution is 2.30. The van der Waals surface area contributed by atoms with E-state index in [-0.39, 0.29) is 11.5 Å². The molecule has 0 amide bonds. The summed E-state index contributed by atoms with van der Waals surface area (Å²) in [5.74, 6) is 0.00634. The number of nitro groups is 1. The van der Waals surface area contributed by atoms with Crippen LogP contribution in [0.5, 0.6) is 0 Å². The molecule has 4 heteroatoms. The number of ketones is 1. The van der Waals surface area contributed by atoms with Crippen LogP contribution in [-0.4, -0.2) is 10.7 Å². The first-order chi connectivity index (χ1) is 14.5. The zero-order chi connectivity index (χ0) is 21.1. The fourth-order valence-electron chi connectivity index (χ4n) is 3.50. The van der Waals surface area contributed by atoms with Gasteiger partial charge in [0, 0.05) is 23.3 Å². The van der Waals surface area contributed by atoms with Crippen molar-refractivity contribution in [1.29, 1.82) is 0 Å². The van der Waals surface area contributed by atoms with Crippen LogP contribution in [0.4, 0.5) is 5.69 Å². The Labute approximate surface area is 174 Å². The Kier molecular flexibility index (Phi) is 5.22. The Morgan fingerprint density at radius 1 is 0.700 bits per heavy atom. The van der Waals surface area contributed by atoms with E-state index in [0.29, 0.717) is 11.1 Å². The lowest BCUT2D eigenvalue weighted by Gasteiger charge is -2.10. The lowest BCUT2D eigenvalue weighted by molar-refractivity contribution is -0.384. The number of rotatable bonds is 5. The minimum atomic E-state index is -0.397. The van der Waals surface area contributed by atoms with Gasteiger partial charge >= 0.3 is 0 Å². The molecule has 4 aromatic carbocycles. The minimum Gasteiger partial charge on any atom is -0.289 e. The predicted octanol–water partition coefficient (Wildman–Crippen LogP) is 6.47. The molecule has 4 aromatic rings. The van der Waals surface area contributed by atoms with Gasteiger partial charge in [-0.2, -0.15) is 0 Å². The Morgan fingerprint density at radius 3 is 1.87 bits per heavy atom. The number of hydrogen-bond acceptors (Lipinski definition) is 3. The van der Waals surface area contributed by atoms with E-state index < -0.39 is 4.92 Å². The van der Waals surface area contributed by atoms with Crippen molar-refractivity contribution < 1.29 is 9.72 Å². The van der Waals surface area contributed by atoms with Gasteiger partial charge in [-0.15, -0.1) is 0 Å². The summed E-state index contributed by atoms with van der Waals surface area (Å²) in [7, 11) is 0. The van der Waals surface area contributed by atoms with Gasteiger partial charge in [0.15, 0.2) is 5.78 Å². The second kappa shape index (κ2) is 8.13. The third kappa shape index (κ3) is 3.89. The van der Waals surface area contributed by atoms with E-state index in [9.17, 15) is 14.9 Å². The Bertz CT molecular complexity index is 1210. The molecule has 4 rings (SSSR count). The molecule has 0 aliphatic heterocycles. The van der Waals surface area contributed by atoms with Gasteiger partial charge in [-0.25, -0.2) is 0 Å². The van der Waals surface area contributed by atoms with Crippen LogP contribution in [0.3, 0.4) is 0 Å². The van der Waals surface area contributed by atoms with E-state index >= 15 is 0 Å². The van der Waals surface area contributed by atoms with E-state index in [1.807, 2.05) is 73.7 Å². The molecule has 0 aliphatic carbocycles. The van der Waals surface area contributed by atoms with Gasteiger partial charge in [0.1, 0.15) is 0 Å². The molecule has 30 heavy (non-hydrogen) atoms. The van der Waals surface area contributed by atoms with Crippen LogP contribution >= 0.6 is 0 Å². The van der Waals surface area contributed by atoms with Crippen molar-refractivity contribution in [2.45, 2.75) is 6.92 Å². The summed E-state index contributed by atoms with van der Waals surface area (Å²) in [6, 6.07) is 29.6. The van der Waals surface area contributed by atoms with Crippen molar-refractivity contribution in [3.05, 3.63) is 124 Å². The topological polar surface area (TPSA) is 60.2 Å². The molecule has 4 nitrogen and oxygen atoms in total. The number of benzene rings is 4. The number of hydrogen-bond donors (Lipinski definition) is 0. The maximum atomic E-state index is 12.6. The molecule has 0 aromatic heterocycles. The monoisotopic (exact) mass is 393 g/mol. The van der Waals surface area contributed by atoms with Crippen LogP contribution in [0.15, 0.2) is 97.1 Å². The molecule has 0 N–H and O–H groups in total. The number of carbonyl (C=O) groups is 1. The summed E-state index contributed by atoms with van der Waals surface area (Å²) in [4.78, 5) is 23.0. The second-order valence-electron chi connectivity index (χ2n) is 7.11. The average molecular weight is 393 g/mol. The fourth-order valence-corrected chi connectivity index (χ4v) is 3.50. The number of carbonyl (C=O) groups excluding carboxylic acids is 1. The first kappa shape index (κ1) is 19.3. The molecule has 0 unspecified atom stereocenters. The van der Waals surface area contributed by atoms with Gasteiger partial charge in [-0.3, -0.25) is 14.9 Å². The Hall–Kier alpha value is -4.05. The van der Waals surface area contributed by atoms with Gasteiger partial charge in [0.25, 0.3) is 5.69 Å². The predicted molar refractivity (Wildman–Crippen MR) is 119 cm³/mol. The first-order valence-corrected chi connectivity index (χ1v) is 9.58. The lowest BCUT2D eigenvalue weighted by Crippen LogP contribution is -2.00. The van der Waals surface area contributed by atoms with Gasteiger partial charge in [-0.05, 0) is 46.9 Å². The molecule has 0 atom stereocenters. The normalized spacial score (nSPS) is 10.6. The largest absolute Gasteiger partial charge is 0.289 e. The number of aryl methyl sites for hydroxylation is 1. The molecule has 0 radical (unpaired) electrons. The molecule has 0 fully saturated rings. The molecule has 0 heterocycles. The number of nitro benzene ring substituents is 1. The van der Waals surface area contributed by atoms with Crippen LogP contribution in [-0.2, 0) is 0 Å². The summed E-state index contributed by atoms with van der Waals surface area (Å²) in [5.41, 5.74) is 6.54. The molecule has 0 saturated heterocycles. The average Bonchev–Trinajstić information content (AvgIpc) is 2.79. The quantitative estimate of drug-likeness (QED) is 0.222. The van der Waals surface area contributed by atoms with Crippen molar-refractivity contribution in [2.75, 3.05) is 0 Å². The van der Waals surface area contributed by atoms with Crippen LogP contribution in [0.2, 0.25) is 0 Å². The van der Waals surface area contributed by atoms with Crippen LogP contribution < -0.4 is 0 Å². The molecule has 0 saturated carbocycles. The number of non-ortho nitro benzene ring substituents is 1. The SMILES string of the molecule is Cc1cc(-c2ccc(C(=O)c3ccccc3)cc2)ccc1-c1ccc([N+](=O)[O-])cc1. The standard InChI is InChI=1S/C26H19NO3/c1-18-17-23(13-16-25(18)20-11-14-24(15-12-20)27(29)30)19-7-9-22(10-8-19)26(28)21-5-3-2-4-6-21/h2-17H,1H3. The molecular weight excluding hydrogens is 374 g/mol. The summed E-state index contributed by atoms with van der Waals surface area (Å²) in [5, 5.41) is 10.8. The lowest BCUT2D eigenvalue weighted by atomic mass is 9.94. The molecule has 0 bridgehead atoms. The van der Waals surface area contributed by atoms with Crippen LogP contribution in [0, 0.1) is 17.0 Å². The minimum absolute atomic E-state index is 0.00634. The van der Waals surface area contributed by atoms with E-state index in [1.165, 1.54) is 12.1 Å². The van der Waals surface area contributed by atoms with E-state index in [2.05, 4.69) is 6.07 Å².